The number of cyclic esters (lactones) is 1. The van der Waals surface area contributed by atoms with Crippen LogP contribution in [0.1, 0.15) is 44.7 Å². The molecule has 2 aromatic rings. The minimum absolute atomic E-state index is 0.148. The van der Waals surface area contributed by atoms with Crippen LogP contribution < -0.4 is 0 Å². The molecule has 0 radical (unpaired) electrons. The lowest BCUT2D eigenvalue weighted by molar-refractivity contribution is -0.132. The molecule has 2 unspecified atom stereocenters. The molecule has 5 nitrogen and oxygen atoms in total. The maximum Gasteiger partial charge on any atom is 0.416 e. The van der Waals surface area contributed by atoms with E-state index in [1.165, 1.54) is 11.6 Å². The van der Waals surface area contributed by atoms with Crippen LogP contribution in [0.4, 0.5) is 9.18 Å². The molecule has 0 bridgehead atoms. The summed E-state index contributed by atoms with van der Waals surface area (Å²) in [5.41, 5.74) is 1.78. The fraction of sp³-hybridized carbons (Fsp3) is 0.462. The molecular formula is C26H32BrFN2O3. The molecule has 178 valence electrons. The van der Waals surface area contributed by atoms with Crippen LogP contribution in [0.25, 0.3) is 0 Å². The number of halogens is 2. The monoisotopic (exact) mass is 518 g/mol. The van der Waals surface area contributed by atoms with Crippen molar-refractivity contribution in [3.05, 3.63) is 69.9 Å². The van der Waals surface area contributed by atoms with E-state index in [0.29, 0.717) is 23.1 Å². The van der Waals surface area contributed by atoms with Crippen molar-refractivity contribution in [2.24, 2.45) is 5.92 Å². The molecule has 2 heterocycles. The van der Waals surface area contributed by atoms with E-state index >= 15 is 0 Å². The van der Waals surface area contributed by atoms with Crippen LogP contribution in [-0.4, -0.2) is 53.6 Å². The van der Waals surface area contributed by atoms with Gasteiger partial charge >= 0.3 is 6.09 Å². The van der Waals surface area contributed by atoms with Gasteiger partial charge in [0.15, 0.2) is 0 Å². The molecule has 2 atom stereocenters. The number of carbonyl (C=O) groups is 2. The van der Waals surface area contributed by atoms with Gasteiger partial charge in [0, 0.05) is 29.0 Å². The van der Waals surface area contributed by atoms with Gasteiger partial charge in [0.1, 0.15) is 12.4 Å². The quantitative estimate of drug-likeness (QED) is 0.528. The third-order valence-corrected chi connectivity index (χ3v) is 6.72. The molecule has 33 heavy (non-hydrogen) atoms. The summed E-state index contributed by atoms with van der Waals surface area (Å²) in [5.74, 6) is -1.38. The number of amides is 2. The first-order valence-electron chi connectivity index (χ1n) is 11.3. The Kier molecular flexibility index (Phi) is 8.29. The Balaban J connectivity index is 0.000000323. The fourth-order valence-corrected chi connectivity index (χ4v) is 4.56. The summed E-state index contributed by atoms with van der Waals surface area (Å²) < 4.78 is 20.1. The van der Waals surface area contributed by atoms with Crippen LogP contribution in [0.2, 0.25) is 0 Å². The smallest absolute Gasteiger partial charge is 0.416 e. The second kappa shape index (κ2) is 10.8. The van der Waals surface area contributed by atoms with Gasteiger partial charge in [0.2, 0.25) is 5.91 Å². The Morgan fingerprint density at radius 2 is 1.85 bits per heavy atom. The van der Waals surface area contributed by atoms with E-state index in [0.717, 1.165) is 11.3 Å². The normalized spacial score (nSPS) is 20.9. The third-order valence-electron chi connectivity index (χ3n) is 6.23. The van der Waals surface area contributed by atoms with Gasteiger partial charge in [-0.25, -0.2) is 14.1 Å². The Bertz CT molecular complexity index is 977. The molecule has 2 aliphatic rings. The lowest BCUT2D eigenvalue weighted by atomic mass is 9.87. The minimum atomic E-state index is -0.603. The first-order valence-corrected chi connectivity index (χ1v) is 12.1. The highest BCUT2D eigenvalue weighted by molar-refractivity contribution is 9.10. The van der Waals surface area contributed by atoms with Crippen LogP contribution in [0.5, 0.6) is 0 Å². The Morgan fingerprint density at radius 3 is 2.36 bits per heavy atom. The van der Waals surface area contributed by atoms with E-state index in [9.17, 15) is 14.0 Å². The number of hydrogen-bond acceptors (Lipinski definition) is 4. The van der Waals surface area contributed by atoms with Crippen molar-refractivity contribution in [1.82, 2.24) is 9.80 Å². The number of carbonyl (C=O) groups excluding carboxylic acids is 2. The van der Waals surface area contributed by atoms with Crippen molar-refractivity contribution in [2.45, 2.75) is 45.6 Å². The molecule has 2 fully saturated rings. The molecule has 2 saturated heterocycles. The van der Waals surface area contributed by atoms with Gasteiger partial charge in [0.05, 0.1) is 12.5 Å². The van der Waals surface area contributed by atoms with E-state index in [1.54, 1.807) is 12.1 Å². The van der Waals surface area contributed by atoms with Gasteiger partial charge in [0.25, 0.3) is 0 Å². The second-order valence-corrected chi connectivity index (χ2v) is 10.3. The first-order chi connectivity index (χ1) is 15.6. The molecule has 0 spiro atoms. The molecule has 2 aromatic carbocycles. The number of rotatable bonds is 3. The van der Waals surface area contributed by atoms with Gasteiger partial charge in [-0.3, -0.25) is 9.69 Å². The number of aryl methyl sites for hydroxylation is 1. The van der Waals surface area contributed by atoms with E-state index in [2.05, 4.69) is 72.8 Å². The highest BCUT2D eigenvalue weighted by atomic mass is 79.9. The molecule has 0 aromatic heterocycles. The zero-order valence-corrected chi connectivity index (χ0v) is 21.3. The SMILES string of the molecule is CC(C)(C)N1CC(C(=O)N2CCOC2=O)C(c2ccc(Br)cc2F)C1.CCc1ccccc1. The van der Waals surface area contributed by atoms with Gasteiger partial charge in [-0.2, -0.15) is 0 Å². The molecule has 0 saturated carbocycles. The van der Waals surface area contributed by atoms with Crippen LogP contribution in [0.15, 0.2) is 53.0 Å². The van der Waals surface area contributed by atoms with Crippen molar-refractivity contribution in [1.29, 1.82) is 0 Å². The molecule has 7 heteroatoms. The van der Waals surface area contributed by atoms with Crippen molar-refractivity contribution >= 4 is 27.9 Å². The Hall–Kier alpha value is -2.25. The number of ether oxygens (including phenoxy) is 1. The zero-order valence-electron chi connectivity index (χ0n) is 19.7. The topological polar surface area (TPSA) is 49.9 Å². The zero-order chi connectivity index (χ0) is 24.2. The summed E-state index contributed by atoms with van der Waals surface area (Å²) in [5, 5.41) is 0. The fourth-order valence-electron chi connectivity index (χ4n) is 4.23. The van der Waals surface area contributed by atoms with Crippen molar-refractivity contribution in [2.75, 3.05) is 26.2 Å². The summed E-state index contributed by atoms with van der Waals surface area (Å²) in [6, 6.07) is 15.4. The molecule has 0 N–H and O–H groups in total. The van der Waals surface area contributed by atoms with Crippen molar-refractivity contribution in [3.8, 4) is 0 Å². The summed E-state index contributed by atoms with van der Waals surface area (Å²) in [6.45, 7) is 9.91. The van der Waals surface area contributed by atoms with Crippen molar-refractivity contribution in [3.63, 3.8) is 0 Å². The van der Waals surface area contributed by atoms with E-state index in [1.807, 2.05) is 6.07 Å². The minimum Gasteiger partial charge on any atom is -0.447 e. The summed E-state index contributed by atoms with van der Waals surface area (Å²) in [7, 11) is 0. The van der Waals surface area contributed by atoms with E-state index in [4.69, 9.17) is 4.74 Å². The van der Waals surface area contributed by atoms with Crippen molar-refractivity contribution < 1.29 is 18.7 Å². The number of imide groups is 1. The van der Waals surface area contributed by atoms with Crippen LogP contribution in [0, 0.1) is 11.7 Å². The lowest BCUT2D eigenvalue weighted by Crippen LogP contribution is -2.42. The average Bonchev–Trinajstić information content (AvgIpc) is 3.41. The standard InChI is InChI=1S/C18H22BrFN2O3.C8H10/c1-18(2,3)21-9-13(12-5-4-11(19)8-15(12)20)14(10-21)16(23)22-6-7-25-17(22)24;1-2-8-6-4-3-5-7-8/h4-5,8,13-14H,6-7,9-10H2,1-3H3;3-7H,2H2,1H3. The van der Waals surface area contributed by atoms with Crippen LogP contribution >= 0.6 is 15.9 Å². The van der Waals surface area contributed by atoms with Gasteiger partial charge in [-0.15, -0.1) is 0 Å². The van der Waals surface area contributed by atoms with Crippen LogP contribution in [-0.2, 0) is 16.0 Å². The number of likely N-dealkylation sites (tertiary alicyclic amines) is 1. The number of nitrogens with zero attached hydrogens (tertiary/aromatic N) is 2. The average molecular weight is 519 g/mol. The highest BCUT2D eigenvalue weighted by Gasteiger charge is 2.46. The highest BCUT2D eigenvalue weighted by Crippen LogP contribution is 2.39. The molecule has 0 aliphatic carbocycles. The molecule has 2 aliphatic heterocycles. The predicted molar refractivity (Wildman–Crippen MR) is 131 cm³/mol. The summed E-state index contributed by atoms with van der Waals surface area (Å²) in [4.78, 5) is 28.1. The Morgan fingerprint density at radius 1 is 1.15 bits per heavy atom. The van der Waals surface area contributed by atoms with E-state index in [-0.39, 0.29) is 36.3 Å². The molecular weight excluding hydrogens is 487 g/mol. The van der Waals surface area contributed by atoms with Gasteiger partial charge in [-0.05, 0) is 50.5 Å². The van der Waals surface area contributed by atoms with Gasteiger partial charge in [-0.1, -0.05) is 59.3 Å². The lowest BCUT2D eigenvalue weighted by Gasteiger charge is -2.31. The molecule has 4 rings (SSSR count). The maximum absolute atomic E-state index is 14.6. The number of benzene rings is 2. The van der Waals surface area contributed by atoms with Gasteiger partial charge < -0.3 is 4.74 Å². The third kappa shape index (κ3) is 6.21. The number of hydrogen-bond donors (Lipinski definition) is 0. The maximum atomic E-state index is 14.6. The van der Waals surface area contributed by atoms with Crippen LogP contribution in [0.3, 0.4) is 0 Å². The largest absolute Gasteiger partial charge is 0.447 e. The first kappa shape index (κ1) is 25.4. The summed E-state index contributed by atoms with van der Waals surface area (Å²) in [6.07, 6.45) is 0.537. The van der Waals surface area contributed by atoms with E-state index < -0.39 is 12.0 Å². The summed E-state index contributed by atoms with van der Waals surface area (Å²) >= 11 is 3.27. The second-order valence-electron chi connectivity index (χ2n) is 9.40. The Labute approximate surface area is 204 Å². The predicted octanol–water partition coefficient (Wildman–Crippen LogP) is 5.63. The molecule has 2 amide bonds.